The highest BCUT2D eigenvalue weighted by molar-refractivity contribution is 7.17. The van der Waals surface area contributed by atoms with Gasteiger partial charge < -0.3 is 11.1 Å². The molecular weight excluding hydrogens is 224 g/mol. The van der Waals surface area contributed by atoms with Gasteiger partial charge in [0.15, 0.2) is 5.13 Å². The summed E-state index contributed by atoms with van der Waals surface area (Å²) < 4.78 is 0. The summed E-state index contributed by atoms with van der Waals surface area (Å²) in [7, 11) is 0. The Morgan fingerprint density at radius 3 is 3.00 bits per heavy atom. The molecule has 2 aromatic heterocycles. The number of carbonyl (C=O) groups excluding carboxylic acids is 1. The maximum Gasteiger partial charge on any atom is 0.260 e. The number of nitrogens with one attached hydrogen (secondary N) is 1. The Labute approximate surface area is 96.3 Å². The Hall–Kier alpha value is -1.95. The molecule has 0 spiro atoms. The Bertz CT molecular complexity index is 483. The maximum absolute atomic E-state index is 10.8. The third-order valence-corrected chi connectivity index (χ3v) is 2.88. The van der Waals surface area contributed by atoms with Crippen molar-refractivity contribution in [2.75, 3.05) is 5.32 Å². The Morgan fingerprint density at radius 1 is 1.50 bits per heavy atom. The van der Waals surface area contributed by atoms with Crippen LogP contribution < -0.4 is 11.1 Å². The third-order valence-electron chi connectivity index (χ3n) is 1.92. The standard InChI is InChI=1S/C10H10N4OS/c11-9(15)8-6-14-10(16-8)13-5-7-2-1-3-12-4-7/h1-4,6H,5H2,(H2,11,15)(H,13,14). The number of nitrogens with two attached hydrogens (primary N) is 1. The lowest BCUT2D eigenvalue weighted by Crippen LogP contribution is -2.08. The SMILES string of the molecule is NC(=O)c1cnc(NCc2cccnc2)s1. The van der Waals surface area contributed by atoms with Gasteiger partial charge in [-0.3, -0.25) is 9.78 Å². The molecule has 0 fully saturated rings. The van der Waals surface area contributed by atoms with E-state index in [0.717, 1.165) is 5.56 Å². The molecule has 2 rings (SSSR count). The van der Waals surface area contributed by atoms with Crippen molar-refractivity contribution in [1.82, 2.24) is 9.97 Å². The van der Waals surface area contributed by atoms with Gasteiger partial charge in [-0.15, -0.1) is 0 Å². The van der Waals surface area contributed by atoms with Gasteiger partial charge in [-0.1, -0.05) is 17.4 Å². The molecule has 6 heteroatoms. The van der Waals surface area contributed by atoms with Gasteiger partial charge in [0.25, 0.3) is 5.91 Å². The third kappa shape index (κ3) is 2.54. The first-order chi connectivity index (χ1) is 7.75. The van der Waals surface area contributed by atoms with Gasteiger partial charge in [-0.25, -0.2) is 4.98 Å². The molecule has 82 valence electrons. The van der Waals surface area contributed by atoms with E-state index in [4.69, 9.17) is 5.73 Å². The lowest BCUT2D eigenvalue weighted by molar-refractivity contribution is 0.100. The molecule has 0 aliphatic rings. The summed E-state index contributed by atoms with van der Waals surface area (Å²) in [5.74, 6) is -0.452. The number of hydrogen-bond donors (Lipinski definition) is 2. The molecule has 2 aromatic rings. The number of aromatic nitrogens is 2. The number of primary amides is 1. The molecule has 1 amide bonds. The summed E-state index contributed by atoms with van der Waals surface area (Å²) in [4.78, 5) is 19.3. The van der Waals surface area contributed by atoms with Gasteiger partial charge in [0.1, 0.15) is 4.88 Å². The zero-order valence-electron chi connectivity index (χ0n) is 8.38. The molecule has 5 nitrogen and oxygen atoms in total. The van der Waals surface area contributed by atoms with E-state index >= 15 is 0 Å². The van der Waals surface area contributed by atoms with Crippen LogP contribution in [0.4, 0.5) is 5.13 Å². The molecular formula is C10H10N4OS. The van der Waals surface area contributed by atoms with Gasteiger partial charge in [-0.2, -0.15) is 0 Å². The Morgan fingerprint density at radius 2 is 2.38 bits per heavy atom. The summed E-state index contributed by atoms with van der Waals surface area (Å²) in [5.41, 5.74) is 6.18. The lowest BCUT2D eigenvalue weighted by Gasteiger charge is -2.00. The van der Waals surface area contributed by atoms with Crippen LogP contribution in [0.3, 0.4) is 0 Å². The summed E-state index contributed by atoms with van der Waals surface area (Å²) >= 11 is 1.24. The van der Waals surface area contributed by atoms with Crippen molar-refractivity contribution in [2.45, 2.75) is 6.54 Å². The van der Waals surface area contributed by atoms with Crippen LogP contribution in [-0.4, -0.2) is 15.9 Å². The normalized spacial score (nSPS) is 10.0. The molecule has 0 aliphatic carbocycles. The number of carbonyl (C=O) groups is 1. The van der Waals surface area contributed by atoms with Crippen LogP contribution in [-0.2, 0) is 6.54 Å². The molecule has 2 heterocycles. The Balaban J connectivity index is 1.97. The molecule has 16 heavy (non-hydrogen) atoms. The minimum Gasteiger partial charge on any atom is -0.365 e. The van der Waals surface area contributed by atoms with Crippen LogP contribution >= 0.6 is 11.3 Å². The maximum atomic E-state index is 10.8. The van der Waals surface area contributed by atoms with Crippen molar-refractivity contribution in [1.29, 1.82) is 0 Å². The first kappa shape index (κ1) is 10.6. The number of pyridine rings is 1. The van der Waals surface area contributed by atoms with Gasteiger partial charge >= 0.3 is 0 Å². The zero-order chi connectivity index (χ0) is 11.4. The number of hydrogen-bond acceptors (Lipinski definition) is 5. The predicted molar refractivity (Wildman–Crippen MR) is 62.2 cm³/mol. The average Bonchev–Trinajstić information content (AvgIpc) is 2.76. The largest absolute Gasteiger partial charge is 0.365 e. The lowest BCUT2D eigenvalue weighted by atomic mass is 10.3. The fourth-order valence-corrected chi connectivity index (χ4v) is 1.81. The van der Waals surface area contributed by atoms with Crippen molar-refractivity contribution in [3.05, 3.63) is 41.2 Å². The van der Waals surface area contributed by atoms with E-state index in [1.54, 1.807) is 12.4 Å². The number of nitrogens with zero attached hydrogens (tertiary/aromatic N) is 2. The highest BCUT2D eigenvalue weighted by Gasteiger charge is 2.05. The molecule has 0 unspecified atom stereocenters. The highest BCUT2D eigenvalue weighted by atomic mass is 32.1. The van der Waals surface area contributed by atoms with E-state index in [1.165, 1.54) is 17.5 Å². The molecule has 0 saturated carbocycles. The van der Waals surface area contributed by atoms with E-state index in [2.05, 4.69) is 15.3 Å². The van der Waals surface area contributed by atoms with E-state index in [0.29, 0.717) is 16.6 Å². The quantitative estimate of drug-likeness (QED) is 0.834. The topological polar surface area (TPSA) is 80.9 Å². The summed E-state index contributed by atoms with van der Waals surface area (Å²) in [6.45, 7) is 0.625. The second kappa shape index (κ2) is 4.71. The molecule has 0 atom stereocenters. The van der Waals surface area contributed by atoms with Crippen molar-refractivity contribution < 1.29 is 4.79 Å². The summed E-state index contributed by atoms with van der Waals surface area (Å²) in [6.07, 6.45) is 4.96. The average molecular weight is 234 g/mol. The minimum absolute atomic E-state index is 0.452. The number of rotatable bonds is 4. The van der Waals surface area contributed by atoms with Crippen molar-refractivity contribution in [3.8, 4) is 0 Å². The molecule has 0 radical (unpaired) electrons. The van der Waals surface area contributed by atoms with Gasteiger partial charge in [0, 0.05) is 18.9 Å². The Kier molecular flexibility index (Phi) is 3.11. The fourth-order valence-electron chi connectivity index (χ4n) is 1.15. The molecule has 0 aromatic carbocycles. The monoisotopic (exact) mass is 234 g/mol. The van der Waals surface area contributed by atoms with Crippen LogP contribution in [0.2, 0.25) is 0 Å². The van der Waals surface area contributed by atoms with Crippen molar-refractivity contribution in [3.63, 3.8) is 0 Å². The van der Waals surface area contributed by atoms with Gasteiger partial charge in [0.2, 0.25) is 0 Å². The second-order valence-electron chi connectivity index (χ2n) is 3.11. The molecule has 3 N–H and O–H groups in total. The van der Waals surface area contributed by atoms with Crippen LogP contribution in [0.15, 0.2) is 30.7 Å². The van der Waals surface area contributed by atoms with E-state index in [1.807, 2.05) is 12.1 Å². The molecule has 0 saturated heterocycles. The van der Waals surface area contributed by atoms with Crippen molar-refractivity contribution >= 4 is 22.4 Å². The van der Waals surface area contributed by atoms with Crippen LogP contribution in [0.1, 0.15) is 15.2 Å². The number of amides is 1. The smallest absolute Gasteiger partial charge is 0.260 e. The first-order valence-electron chi connectivity index (χ1n) is 4.64. The fraction of sp³-hybridized carbons (Fsp3) is 0.100. The van der Waals surface area contributed by atoms with Gasteiger partial charge in [0.05, 0.1) is 6.20 Å². The van der Waals surface area contributed by atoms with Crippen LogP contribution in [0.25, 0.3) is 0 Å². The van der Waals surface area contributed by atoms with Gasteiger partial charge in [-0.05, 0) is 11.6 Å². The summed E-state index contributed by atoms with van der Waals surface area (Å²) in [6, 6.07) is 3.83. The van der Waals surface area contributed by atoms with E-state index in [9.17, 15) is 4.79 Å². The molecule has 0 aliphatic heterocycles. The number of thiazole rings is 1. The summed E-state index contributed by atoms with van der Waals surface area (Å²) in [5, 5.41) is 3.77. The van der Waals surface area contributed by atoms with E-state index < -0.39 is 5.91 Å². The van der Waals surface area contributed by atoms with E-state index in [-0.39, 0.29) is 0 Å². The highest BCUT2D eigenvalue weighted by Crippen LogP contribution is 2.17. The zero-order valence-corrected chi connectivity index (χ0v) is 9.20. The number of anilines is 1. The molecule has 0 bridgehead atoms. The minimum atomic E-state index is -0.452. The second-order valence-corrected chi connectivity index (χ2v) is 4.14. The van der Waals surface area contributed by atoms with Crippen LogP contribution in [0, 0.1) is 0 Å². The van der Waals surface area contributed by atoms with Crippen molar-refractivity contribution in [2.24, 2.45) is 5.73 Å². The first-order valence-corrected chi connectivity index (χ1v) is 5.46. The predicted octanol–water partition coefficient (Wildman–Crippen LogP) is 1.25. The van der Waals surface area contributed by atoms with Crippen LogP contribution in [0.5, 0.6) is 0 Å².